The summed E-state index contributed by atoms with van der Waals surface area (Å²) in [5, 5.41) is 6.34. The van der Waals surface area contributed by atoms with E-state index in [9.17, 15) is 4.79 Å². The third-order valence-corrected chi connectivity index (χ3v) is 6.37. The first-order chi connectivity index (χ1) is 15.0. The fraction of sp³-hybridized carbons (Fsp3) is 0.261. The Kier molecular flexibility index (Phi) is 6.48. The molecule has 6 nitrogen and oxygen atoms in total. The molecule has 3 aromatic heterocycles. The molecule has 31 heavy (non-hydrogen) atoms. The van der Waals surface area contributed by atoms with E-state index >= 15 is 0 Å². The predicted molar refractivity (Wildman–Crippen MR) is 127 cm³/mol. The van der Waals surface area contributed by atoms with Crippen LogP contribution in [0, 0.1) is 5.92 Å². The lowest BCUT2D eigenvalue weighted by molar-refractivity contribution is 0.273. The molecule has 0 atom stereocenters. The summed E-state index contributed by atoms with van der Waals surface area (Å²) < 4.78 is 13.2. The molecule has 4 rings (SSSR count). The van der Waals surface area contributed by atoms with E-state index in [1.54, 1.807) is 18.4 Å². The lowest BCUT2D eigenvalue weighted by atomic mass is 10.1. The zero-order chi connectivity index (χ0) is 21.8. The average molecular weight is 454 g/mol. The maximum Gasteiger partial charge on any atom is 0.291 e. The highest BCUT2D eigenvalue weighted by atomic mass is 32.1. The molecule has 8 heteroatoms. The van der Waals surface area contributed by atoms with Crippen LogP contribution in [0.25, 0.3) is 23.2 Å². The minimum Gasteiger partial charge on any atom is -0.493 e. The van der Waals surface area contributed by atoms with Gasteiger partial charge in [0.05, 0.1) is 18.2 Å². The molecule has 0 amide bonds. The monoisotopic (exact) mass is 453 g/mol. The minimum absolute atomic E-state index is 0.181. The van der Waals surface area contributed by atoms with Gasteiger partial charge in [-0.3, -0.25) is 4.79 Å². The molecule has 0 aliphatic heterocycles. The molecule has 0 bridgehead atoms. The fourth-order valence-electron chi connectivity index (χ4n) is 2.91. The third kappa shape index (κ3) is 5.03. The molecule has 3 heterocycles. The number of aromatic nitrogens is 3. The van der Waals surface area contributed by atoms with Crippen molar-refractivity contribution < 1.29 is 9.47 Å². The van der Waals surface area contributed by atoms with Gasteiger partial charge in [-0.2, -0.15) is 9.50 Å². The summed E-state index contributed by atoms with van der Waals surface area (Å²) in [6.07, 6.45) is 6.56. The van der Waals surface area contributed by atoms with Gasteiger partial charge in [0.1, 0.15) is 0 Å². The number of thiazole rings is 1. The molecule has 0 fully saturated rings. The summed E-state index contributed by atoms with van der Waals surface area (Å²) in [5.41, 5.74) is 0.673. The second kappa shape index (κ2) is 9.45. The molecule has 0 aliphatic rings. The number of ether oxygens (including phenoxy) is 2. The molecule has 1 aromatic carbocycles. The first-order valence-corrected chi connectivity index (χ1v) is 11.7. The van der Waals surface area contributed by atoms with Gasteiger partial charge >= 0.3 is 0 Å². The summed E-state index contributed by atoms with van der Waals surface area (Å²) in [6.45, 7) is 4.96. The molecule has 0 saturated heterocycles. The summed E-state index contributed by atoms with van der Waals surface area (Å²) in [6, 6.07) is 9.66. The molecule has 0 radical (unpaired) electrons. The van der Waals surface area contributed by atoms with E-state index in [1.165, 1.54) is 15.9 Å². The molecule has 0 spiro atoms. The smallest absolute Gasteiger partial charge is 0.291 e. The van der Waals surface area contributed by atoms with E-state index in [4.69, 9.17) is 9.47 Å². The van der Waals surface area contributed by atoms with Gasteiger partial charge in [-0.1, -0.05) is 37.3 Å². The van der Waals surface area contributed by atoms with Gasteiger partial charge in [-0.25, -0.2) is 0 Å². The minimum atomic E-state index is -0.181. The zero-order valence-corrected chi connectivity index (χ0v) is 19.2. The van der Waals surface area contributed by atoms with E-state index in [2.05, 4.69) is 23.9 Å². The summed E-state index contributed by atoms with van der Waals surface area (Å²) in [7, 11) is 1.61. The average Bonchev–Trinajstić information content (AvgIpc) is 3.46. The molecule has 0 saturated carbocycles. The third-order valence-electron chi connectivity index (χ3n) is 4.58. The summed E-state index contributed by atoms with van der Waals surface area (Å²) in [5.74, 6) is 2.44. The van der Waals surface area contributed by atoms with Gasteiger partial charge in [0.2, 0.25) is 4.96 Å². The predicted octanol–water partition coefficient (Wildman–Crippen LogP) is 4.36. The van der Waals surface area contributed by atoms with Crippen LogP contribution in [0.3, 0.4) is 0 Å². The van der Waals surface area contributed by atoms with Gasteiger partial charge in [-0.15, -0.1) is 16.4 Å². The van der Waals surface area contributed by atoms with Crippen molar-refractivity contribution in [1.29, 1.82) is 0 Å². The van der Waals surface area contributed by atoms with Crippen LogP contribution in [0.5, 0.6) is 11.5 Å². The highest BCUT2D eigenvalue weighted by molar-refractivity contribution is 7.15. The highest BCUT2D eigenvalue weighted by Crippen LogP contribution is 2.28. The highest BCUT2D eigenvalue weighted by Gasteiger charge is 2.10. The van der Waals surface area contributed by atoms with Gasteiger partial charge in [0, 0.05) is 4.88 Å². The Bertz CT molecular complexity index is 1300. The number of nitrogens with zero attached hydrogens (tertiary/aromatic N) is 3. The maximum atomic E-state index is 12.8. The van der Waals surface area contributed by atoms with Crippen molar-refractivity contribution in [3.05, 3.63) is 66.9 Å². The largest absolute Gasteiger partial charge is 0.493 e. The van der Waals surface area contributed by atoms with Crippen LogP contribution in [-0.4, -0.2) is 28.3 Å². The van der Waals surface area contributed by atoms with Crippen molar-refractivity contribution in [3.8, 4) is 11.5 Å². The van der Waals surface area contributed by atoms with Crippen LogP contribution in [0.15, 0.2) is 40.5 Å². The van der Waals surface area contributed by atoms with Crippen LogP contribution in [-0.2, 0) is 0 Å². The second-order valence-electron chi connectivity index (χ2n) is 7.37. The number of thiophene rings is 1. The van der Waals surface area contributed by atoms with Crippen LogP contribution in [0.2, 0.25) is 0 Å². The van der Waals surface area contributed by atoms with Crippen molar-refractivity contribution in [2.45, 2.75) is 20.3 Å². The van der Waals surface area contributed by atoms with E-state index in [0.29, 0.717) is 39.3 Å². The number of hydrogen-bond donors (Lipinski definition) is 0. The Labute approximate surface area is 188 Å². The summed E-state index contributed by atoms with van der Waals surface area (Å²) >= 11 is 2.95. The molecule has 0 N–H and O–H groups in total. The number of fused-ring (bicyclic) bond motifs is 1. The molecule has 0 unspecified atom stereocenters. The first-order valence-electron chi connectivity index (χ1n) is 9.97. The second-order valence-corrected chi connectivity index (χ2v) is 9.36. The van der Waals surface area contributed by atoms with E-state index in [-0.39, 0.29) is 5.56 Å². The zero-order valence-electron chi connectivity index (χ0n) is 17.6. The van der Waals surface area contributed by atoms with Gasteiger partial charge in [-0.05, 0) is 59.7 Å². The van der Waals surface area contributed by atoms with Crippen molar-refractivity contribution in [1.82, 2.24) is 14.6 Å². The van der Waals surface area contributed by atoms with Gasteiger partial charge in [0.25, 0.3) is 5.56 Å². The summed E-state index contributed by atoms with van der Waals surface area (Å²) in [4.78, 5) is 18.9. The van der Waals surface area contributed by atoms with Crippen LogP contribution in [0.4, 0.5) is 0 Å². The number of benzene rings is 1. The van der Waals surface area contributed by atoms with E-state index < -0.39 is 0 Å². The lowest BCUT2D eigenvalue weighted by Crippen LogP contribution is -2.23. The normalized spacial score (nSPS) is 12.5. The van der Waals surface area contributed by atoms with Gasteiger partial charge in [0.15, 0.2) is 17.3 Å². The Balaban J connectivity index is 1.58. The number of hydrogen-bond acceptors (Lipinski definition) is 7. The Morgan fingerprint density at radius 1 is 1.19 bits per heavy atom. The Hall–Kier alpha value is -2.97. The van der Waals surface area contributed by atoms with Crippen molar-refractivity contribution in [2.75, 3.05) is 13.7 Å². The van der Waals surface area contributed by atoms with Gasteiger partial charge < -0.3 is 9.47 Å². The SMILES string of the molecule is COc1cc(C=c2sc3nc(C=Cc4cccs4)nn3c2=O)ccc1OCCC(C)C. The molecule has 0 aliphatic carbocycles. The van der Waals surface area contributed by atoms with Crippen molar-refractivity contribution in [3.63, 3.8) is 0 Å². The van der Waals surface area contributed by atoms with E-state index in [0.717, 1.165) is 16.9 Å². The first kappa shape index (κ1) is 21.3. The van der Waals surface area contributed by atoms with E-state index in [1.807, 2.05) is 53.9 Å². The molecule has 160 valence electrons. The van der Waals surface area contributed by atoms with Crippen LogP contribution >= 0.6 is 22.7 Å². The topological polar surface area (TPSA) is 65.7 Å². The Morgan fingerprint density at radius 3 is 2.77 bits per heavy atom. The molecular formula is C23H23N3O3S2. The van der Waals surface area contributed by atoms with Crippen molar-refractivity contribution >= 4 is 45.9 Å². The maximum absolute atomic E-state index is 12.8. The molecule has 4 aromatic rings. The quantitative estimate of drug-likeness (QED) is 0.397. The Morgan fingerprint density at radius 2 is 2.06 bits per heavy atom. The molecular weight excluding hydrogens is 430 g/mol. The van der Waals surface area contributed by atoms with Crippen molar-refractivity contribution in [2.24, 2.45) is 5.92 Å². The standard InChI is InChI=1S/C23H23N3O3S2/c1-15(2)10-11-29-18-8-6-16(13-19(18)28-3)14-20-22(27)26-23(31-20)24-21(25-26)9-7-17-5-4-12-30-17/h4-9,12-15H,10-11H2,1-3H3. The fourth-order valence-corrected chi connectivity index (χ4v) is 4.44. The van der Waals surface area contributed by atoms with Crippen LogP contribution < -0.4 is 19.6 Å². The van der Waals surface area contributed by atoms with Crippen LogP contribution in [0.1, 0.15) is 36.5 Å². The lowest BCUT2D eigenvalue weighted by Gasteiger charge is -2.12. The number of rotatable bonds is 8. The number of methoxy groups -OCH3 is 1.